The van der Waals surface area contributed by atoms with Gasteiger partial charge in [0.15, 0.2) is 5.09 Å². The topological polar surface area (TPSA) is 69.9 Å². The summed E-state index contributed by atoms with van der Waals surface area (Å²) in [6.45, 7) is 0.560. The van der Waals surface area contributed by atoms with Crippen molar-refractivity contribution in [2.75, 3.05) is 21.8 Å². The standard InChI is InChI=1S/C21H16F4N4O2S/c1-32-18-8-12-10-29(11-26-19(12)31-18)15-5-3-14(4-6-15)27-20(30)28-17-9-13(21(23,24)25)2-7-16(17)22/h2-9,11H,10H2,1H3,(H2,27,28,30). The van der Waals surface area contributed by atoms with Crippen molar-refractivity contribution in [1.29, 1.82) is 0 Å². The summed E-state index contributed by atoms with van der Waals surface area (Å²) in [5.74, 6) is -0.404. The molecule has 6 nitrogen and oxygen atoms in total. The third-order valence-corrected chi connectivity index (χ3v) is 5.22. The summed E-state index contributed by atoms with van der Waals surface area (Å²) in [6.07, 6.45) is -1.10. The molecule has 0 radical (unpaired) electrons. The molecule has 0 aliphatic carbocycles. The van der Waals surface area contributed by atoms with Crippen LogP contribution in [-0.4, -0.2) is 18.6 Å². The second-order valence-corrected chi connectivity index (χ2v) is 7.60. The van der Waals surface area contributed by atoms with Crippen molar-refractivity contribution in [2.24, 2.45) is 4.99 Å². The van der Waals surface area contributed by atoms with Crippen LogP contribution in [0.5, 0.6) is 0 Å². The third kappa shape index (κ3) is 4.72. The van der Waals surface area contributed by atoms with Crippen LogP contribution in [0.3, 0.4) is 0 Å². The number of furan rings is 1. The van der Waals surface area contributed by atoms with Gasteiger partial charge >= 0.3 is 12.2 Å². The van der Waals surface area contributed by atoms with Gasteiger partial charge in [0.2, 0.25) is 5.88 Å². The van der Waals surface area contributed by atoms with Crippen LogP contribution in [0.25, 0.3) is 0 Å². The van der Waals surface area contributed by atoms with Crippen LogP contribution in [-0.2, 0) is 12.7 Å². The van der Waals surface area contributed by atoms with Crippen LogP contribution in [0.1, 0.15) is 11.1 Å². The van der Waals surface area contributed by atoms with E-state index in [4.69, 9.17) is 4.42 Å². The average molecular weight is 464 g/mol. The Morgan fingerprint density at radius 3 is 2.56 bits per heavy atom. The summed E-state index contributed by atoms with van der Waals surface area (Å²) in [6, 6.07) is 9.57. The van der Waals surface area contributed by atoms with Crippen molar-refractivity contribution in [3.05, 3.63) is 65.5 Å². The van der Waals surface area contributed by atoms with Gasteiger partial charge in [-0.1, -0.05) is 11.8 Å². The number of nitrogens with zero attached hydrogens (tertiary/aromatic N) is 2. The van der Waals surface area contributed by atoms with Gasteiger partial charge in [0.05, 0.1) is 24.1 Å². The minimum absolute atomic E-state index is 0.376. The number of fused-ring (bicyclic) bond motifs is 1. The van der Waals surface area contributed by atoms with Gasteiger partial charge in [0.25, 0.3) is 0 Å². The Balaban J connectivity index is 1.40. The Hall–Kier alpha value is -3.47. The molecule has 0 saturated heterocycles. The number of hydrogen-bond donors (Lipinski definition) is 2. The summed E-state index contributed by atoms with van der Waals surface area (Å²) in [5, 5.41) is 5.34. The van der Waals surface area contributed by atoms with E-state index < -0.39 is 29.3 Å². The molecule has 3 aromatic rings. The Kier molecular flexibility index (Phi) is 5.83. The van der Waals surface area contributed by atoms with Crippen molar-refractivity contribution in [3.8, 4) is 0 Å². The zero-order chi connectivity index (χ0) is 22.9. The highest BCUT2D eigenvalue weighted by molar-refractivity contribution is 7.98. The van der Waals surface area contributed by atoms with Gasteiger partial charge in [-0.25, -0.2) is 14.2 Å². The predicted molar refractivity (Wildman–Crippen MR) is 115 cm³/mol. The molecular formula is C21H16F4N4O2S. The molecule has 0 saturated carbocycles. The normalized spacial score (nSPS) is 13.1. The van der Waals surface area contributed by atoms with E-state index in [-0.39, 0.29) is 0 Å². The van der Waals surface area contributed by atoms with E-state index in [1.54, 1.807) is 30.6 Å². The number of benzene rings is 2. The Labute approximate surface area is 184 Å². The number of halogens is 4. The van der Waals surface area contributed by atoms with Crippen LogP contribution < -0.4 is 15.5 Å². The molecular weight excluding hydrogens is 448 g/mol. The number of nitrogens with one attached hydrogen (secondary N) is 2. The smallest absolute Gasteiger partial charge is 0.416 e. The van der Waals surface area contributed by atoms with Gasteiger partial charge in [-0.15, -0.1) is 0 Å². The first-order valence-electron chi connectivity index (χ1n) is 9.25. The predicted octanol–water partition coefficient (Wildman–Crippen LogP) is 6.48. The van der Waals surface area contributed by atoms with Gasteiger partial charge in [-0.2, -0.15) is 13.2 Å². The van der Waals surface area contributed by atoms with Crippen molar-refractivity contribution in [3.63, 3.8) is 0 Å². The van der Waals surface area contributed by atoms with E-state index in [2.05, 4.69) is 15.6 Å². The lowest BCUT2D eigenvalue weighted by atomic mass is 10.2. The van der Waals surface area contributed by atoms with Crippen LogP contribution in [0.4, 0.5) is 45.3 Å². The minimum atomic E-state index is -4.65. The van der Waals surface area contributed by atoms with Crippen LogP contribution >= 0.6 is 11.8 Å². The number of carbonyl (C=O) groups excluding carboxylic acids is 1. The summed E-state index contributed by atoms with van der Waals surface area (Å²) in [7, 11) is 0. The molecule has 1 aromatic heterocycles. The van der Waals surface area contributed by atoms with Gasteiger partial charge in [-0.3, -0.25) is 0 Å². The van der Waals surface area contributed by atoms with Gasteiger partial charge in [0, 0.05) is 16.9 Å². The number of amides is 2. The number of anilines is 3. The van der Waals surface area contributed by atoms with E-state index in [1.165, 1.54) is 11.8 Å². The molecule has 166 valence electrons. The summed E-state index contributed by atoms with van der Waals surface area (Å²) in [5.41, 5.74) is 0.496. The van der Waals surface area contributed by atoms with E-state index in [1.807, 2.05) is 17.2 Å². The molecule has 2 N–H and O–H groups in total. The fourth-order valence-electron chi connectivity index (χ4n) is 3.04. The highest BCUT2D eigenvalue weighted by Crippen LogP contribution is 2.34. The number of alkyl halides is 3. The molecule has 2 amide bonds. The van der Waals surface area contributed by atoms with Crippen molar-refractivity contribution in [1.82, 2.24) is 0 Å². The van der Waals surface area contributed by atoms with E-state index in [0.29, 0.717) is 36.3 Å². The van der Waals surface area contributed by atoms with Gasteiger partial charge in [-0.05, 0) is 54.8 Å². The fourth-order valence-corrected chi connectivity index (χ4v) is 3.46. The largest absolute Gasteiger partial charge is 0.432 e. The number of aliphatic imine (C=N–C) groups is 1. The lowest BCUT2D eigenvalue weighted by molar-refractivity contribution is -0.137. The Morgan fingerprint density at radius 1 is 1.12 bits per heavy atom. The highest BCUT2D eigenvalue weighted by Gasteiger charge is 2.31. The second kappa shape index (κ2) is 8.58. The van der Waals surface area contributed by atoms with Crippen molar-refractivity contribution >= 4 is 47.1 Å². The molecule has 0 spiro atoms. The molecule has 2 heterocycles. The summed E-state index contributed by atoms with van der Waals surface area (Å²) < 4.78 is 57.8. The maximum atomic E-state index is 13.8. The molecule has 0 atom stereocenters. The molecule has 0 fully saturated rings. The molecule has 2 aromatic carbocycles. The SMILES string of the molecule is CSc1cc2c(o1)N=CN(c1ccc(NC(=O)Nc3cc(C(F)(F)F)ccc3F)cc1)C2. The number of urea groups is 1. The lowest BCUT2D eigenvalue weighted by Crippen LogP contribution is -2.23. The third-order valence-electron chi connectivity index (χ3n) is 4.62. The summed E-state index contributed by atoms with van der Waals surface area (Å²) in [4.78, 5) is 18.3. The summed E-state index contributed by atoms with van der Waals surface area (Å²) >= 11 is 1.49. The van der Waals surface area contributed by atoms with E-state index in [0.717, 1.165) is 16.3 Å². The lowest BCUT2D eigenvalue weighted by Gasteiger charge is -2.22. The second-order valence-electron chi connectivity index (χ2n) is 6.79. The zero-order valence-corrected chi connectivity index (χ0v) is 17.4. The maximum absolute atomic E-state index is 13.8. The number of thioether (sulfide) groups is 1. The molecule has 1 aliphatic rings. The van der Waals surface area contributed by atoms with Crippen LogP contribution in [0.15, 0.2) is 63.0 Å². The first-order valence-corrected chi connectivity index (χ1v) is 10.5. The molecule has 0 bridgehead atoms. The number of rotatable bonds is 4. The monoisotopic (exact) mass is 464 g/mol. The molecule has 11 heteroatoms. The zero-order valence-electron chi connectivity index (χ0n) is 16.5. The van der Waals surface area contributed by atoms with Gasteiger partial charge < -0.3 is 20.0 Å². The average Bonchev–Trinajstić information content (AvgIpc) is 3.17. The van der Waals surface area contributed by atoms with Crippen molar-refractivity contribution in [2.45, 2.75) is 17.8 Å². The highest BCUT2D eigenvalue weighted by atomic mass is 32.2. The number of carbonyl (C=O) groups is 1. The molecule has 0 unspecified atom stereocenters. The maximum Gasteiger partial charge on any atom is 0.416 e. The van der Waals surface area contributed by atoms with E-state index >= 15 is 0 Å². The molecule has 4 rings (SSSR count). The van der Waals surface area contributed by atoms with Crippen molar-refractivity contribution < 1.29 is 26.8 Å². The first kappa shape index (κ1) is 21.8. The molecule has 1 aliphatic heterocycles. The Morgan fingerprint density at radius 2 is 1.88 bits per heavy atom. The van der Waals surface area contributed by atoms with Gasteiger partial charge in [0.1, 0.15) is 5.82 Å². The Bertz CT molecular complexity index is 1180. The van der Waals surface area contributed by atoms with E-state index in [9.17, 15) is 22.4 Å². The molecule has 32 heavy (non-hydrogen) atoms. The fraction of sp³-hybridized carbons (Fsp3) is 0.143. The van der Waals surface area contributed by atoms with Crippen LogP contribution in [0.2, 0.25) is 0 Å². The quantitative estimate of drug-likeness (QED) is 0.342. The van der Waals surface area contributed by atoms with Crippen LogP contribution in [0, 0.1) is 5.82 Å². The number of hydrogen-bond acceptors (Lipinski definition) is 5. The first-order chi connectivity index (χ1) is 15.2. The minimum Gasteiger partial charge on any atom is -0.432 e.